The van der Waals surface area contributed by atoms with E-state index in [-0.39, 0.29) is 37.0 Å². The van der Waals surface area contributed by atoms with Gasteiger partial charge in [0, 0.05) is 19.2 Å². The number of nitrogens with one attached hydrogen (secondary N) is 2. The van der Waals surface area contributed by atoms with E-state index in [0.717, 1.165) is 0 Å². The van der Waals surface area contributed by atoms with Gasteiger partial charge in [-0.2, -0.15) is 13.2 Å². The first-order chi connectivity index (χ1) is 11.2. The molecule has 0 saturated heterocycles. The van der Waals surface area contributed by atoms with Gasteiger partial charge < -0.3 is 20.5 Å². The predicted molar refractivity (Wildman–Crippen MR) is 78.0 cm³/mol. The highest BCUT2D eigenvalue weighted by Crippen LogP contribution is 2.32. The Bertz CT molecular complexity index is 584. The summed E-state index contributed by atoms with van der Waals surface area (Å²) in [4.78, 5) is 25.1. The van der Waals surface area contributed by atoms with Gasteiger partial charge in [-0.1, -0.05) is 11.6 Å². The Morgan fingerprint density at radius 2 is 1.96 bits per heavy atom. The summed E-state index contributed by atoms with van der Waals surface area (Å²) in [6, 6.07) is 0.183. The molecule has 0 aliphatic rings. The molecule has 0 unspecified atom stereocenters. The van der Waals surface area contributed by atoms with Crippen molar-refractivity contribution in [2.24, 2.45) is 0 Å². The minimum absolute atomic E-state index is 0.0541. The number of pyridine rings is 1. The molecule has 0 bridgehead atoms. The molecule has 0 spiro atoms. The van der Waals surface area contributed by atoms with Crippen LogP contribution in [0.25, 0.3) is 0 Å². The van der Waals surface area contributed by atoms with Crippen molar-refractivity contribution >= 4 is 23.6 Å². The quantitative estimate of drug-likeness (QED) is 0.610. The Labute approximate surface area is 140 Å². The van der Waals surface area contributed by atoms with Gasteiger partial charge in [0.1, 0.15) is 11.6 Å². The van der Waals surface area contributed by atoms with E-state index >= 15 is 0 Å². The molecular weight excluding hydrogens is 355 g/mol. The molecule has 2 amide bonds. The summed E-state index contributed by atoms with van der Waals surface area (Å²) in [5.74, 6) is -1.13. The van der Waals surface area contributed by atoms with Crippen molar-refractivity contribution in [2.75, 3.05) is 19.7 Å². The zero-order valence-corrected chi connectivity index (χ0v) is 13.1. The number of hydrogen-bond donors (Lipinski definition) is 3. The second kappa shape index (κ2) is 9.16. The minimum Gasteiger partial charge on any atom is -0.481 e. The van der Waals surface area contributed by atoms with Crippen molar-refractivity contribution in [1.29, 1.82) is 0 Å². The molecule has 0 radical (unpaired) electrons. The molecule has 0 aromatic carbocycles. The fraction of sp³-hybridized carbons (Fsp3) is 0.462. The van der Waals surface area contributed by atoms with Gasteiger partial charge in [0.15, 0.2) is 0 Å². The summed E-state index contributed by atoms with van der Waals surface area (Å²) in [5.41, 5.74) is -0.987. The molecule has 1 heterocycles. The number of carboxylic acids is 1. The van der Waals surface area contributed by atoms with Gasteiger partial charge in [-0.15, -0.1) is 0 Å². The predicted octanol–water partition coefficient (Wildman–Crippen LogP) is 2.30. The summed E-state index contributed by atoms with van der Waals surface area (Å²) >= 11 is 5.65. The van der Waals surface area contributed by atoms with Gasteiger partial charge in [0.05, 0.1) is 12.1 Å². The standard InChI is InChI=1S/C13H15ClF3N3O4/c14-9-6-8(13(15,16)17)7-20-11(9)24-5-4-19-12(23)18-3-1-2-10(21)22/h6-7H,1-5H2,(H,21,22)(H2,18,19,23). The molecule has 1 aromatic heterocycles. The Balaban J connectivity index is 2.28. The number of carbonyl (C=O) groups is 2. The molecule has 24 heavy (non-hydrogen) atoms. The molecular formula is C13H15ClF3N3O4. The average Bonchev–Trinajstić information content (AvgIpc) is 2.48. The number of ether oxygens (including phenoxy) is 1. The number of amides is 2. The first-order valence-corrected chi connectivity index (χ1v) is 7.17. The largest absolute Gasteiger partial charge is 0.481 e. The first kappa shape index (κ1) is 19.8. The van der Waals surface area contributed by atoms with Crippen molar-refractivity contribution < 1.29 is 32.6 Å². The fourth-order valence-electron chi connectivity index (χ4n) is 1.50. The van der Waals surface area contributed by atoms with Gasteiger partial charge in [0.25, 0.3) is 0 Å². The third-order valence-corrected chi connectivity index (χ3v) is 2.88. The van der Waals surface area contributed by atoms with E-state index in [4.69, 9.17) is 21.4 Å². The van der Waals surface area contributed by atoms with Crippen LogP contribution >= 0.6 is 11.6 Å². The molecule has 7 nitrogen and oxygen atoms in total. The summed E-state index contributed by atoms with van der Waals surface area (Å²) in [6.45, 7) is 0.204. The Morgan fingerprint density at radius 3 is 2.54 bits per heavy atom. The molecule has 0 fully saturated rings. The summed E-state index contributed by atoms with van der Waals surface area (Å²) in [7, 11) is 0. The number of halogens is 4. The van der Waals surface area contributed by atoms with Gasteiger partial charge in [0.2, 0.25) is 5.88 Å². The highest BCUT2D eigenvalue weighted by Gasteiger charge is 2.31. The zero-order valence-electron chi connectivity index (χ0n) is 12.3. The number of rotatable bonds is 8. The highest BCUT2D eigenvalue weighted by atomic mass is 35.5. The number of hydrogen-bond acceptors (Lipinski definition) is 4. The second-order valence-electron chi connectivity index (χ2n) is 4.54. The maximum atomic E-state index is 12.4. The third-order valence-electron chi connectivity index (χ3n) is 2.61. The summed E-state index contributed by atoms with van der Waals surface area (Å²) in [5, 5.41) is 13.0. The number of aromatic nitrogens is 1. The van der Waals surface area contributed by atoms with Gasteiger partial charge in [-0.3, -0.25) is 4.79 Å². The van der Waals surface area contributed by atoms with Crippen LogP contribution in [0.4, 0.5) is 18.0 Å². The van der Waals surface area contributed by atoms with Crippen LogP contribution in [0.3, 0.4) is 0 Å². The molecule has 0 saturated carbocycles. The van der Waals surface area contributed by atoms with Crippen LogP contribution in [0.15, 0.2) is 12.3 Å². The summed E-state index contributed by atoms with van der Waals surface area (Å²) < 4.78 is 42.4. The van der Waals surface area contributed by atoms with Crippen molar-refractivity contribution in [1.82, 2.24) is 15.6 Å². The van der Waals surface area contributed by atoms with Gasteiger partial charge in [-0.05, 0) is 12.5 Å². The number of nitrogens with zero attached hydrogens (tertiary/aromatic N) is 1. The number of urea groups is 1. The van der Waals surface area contributed by atoms with Crippen LogP contribution in [0.2, 0.25) is 5.02 Å². The van der Waals surface area contributed by atoms with E-state index in [9.17, 15) is 22.8 Å². The van der Waals surface area contributed by atoms with Gasteiger partial charge in [-0.25, -0.2) is 9.78 Å². The van der Waals surface area contributed by atoms with Crippen LogP contribution in [0, 0.1) is 0 Å². The first-order valence-electron chi connectivity index (χ1n) is 6.79. The van der Waals surface area contributed by atoms with Crippen molar-refractivity contribution in [3.8, 4) is 5.88 Å². The lowest BCUT2D eigenvalue weighted by Gasteiger charge is -2.11. The highest BCUT2D eigenvalue weighted by molar-refractivity contribution is 6.31. The Kier molecular flexibility index (Phi) is 7.56. The Hall–Kier alpha value is -2.23. The van der Waals surface area contributed by atoms with E-state index in [1.54, 1.807) is 0 Å². The van der Waals surface area contributed by atoms with Crippen LogP contribution in [0.1, 0.15) is 18.4 Å². The lowest BCUT2D eigenvalue weighted by atomic mass is 10.3. The van der Waals surface area contributed by atoms with E-state index < -0.39 is 23.7 Å². The number of carboxylic acid groups (broad SMARTS) is 1. The third kappa shape index (κ3) is 7.36. The zero-order chi connectivity index (χ0) is 18.2. The van der Waals surface area contributed by atoms with Crippen LogP contribution in [0.5, 0.6) is 5.88 Å². The molecule has 0 aliphatic carbocycles. The smallest absolute Gasteiger partial charge is 0.417 e. The average molecular weight is 370 g/mol. The van der Waals surface area contributed by atoms with Crippen LogP contribution < -0.4 is 15.4 Å². The summed E-state index contributed by atoms with van der Waals surface area (Å²) in [6.07, 6.45) is -3.70. The fourth-order valence-corrected chi connectivity index (χ4v) is 1.72. The molecule has 134 valence electrons. The van der Waals surface area contributed by atoms with Crippen LogP contribution in [-0.2, 0) is 11.0 Å². The Morgan fingerprint density at radius 1 is 1.29 bits per heavy atom. The second-order valence-corrected chi connectivity index (χ2v) is 4.94. The maximum absolute atomic E-state index is 12.4. The lowest BCUT2D eigenvalue weighted by molar-refractivity contribution is -0.138. The van der Waals surface area contributed by atoms with E-state index in [0.29, 0.717) is 18.7 Å². The molecule has 0 aliphatic heterocycles. The van der Waals surface area contributed by atoms with Crippen LogP contribution in [-0.4, -0.2) is 41.8 Å². The number of carbonyl (C=O) groups excluding carboxylic acids is 1. The topological polar surface area (TPSA) is 101 Å². The monoisotopic (exact) mass is 369 g/mol. The molecule has 11 heteroatoms. The number of alkyl halides is 3. The minimum atomic E-state index is -4.55. The van der Waals surface area contributed by atoms with E-state index in [1.807, 2.05) is 0 Å². The molecule has 1 aromatic rings. The SMILES string of the molecule is O=C(O)CCCNC(=O)NCCOc1ncc(C(F)(F)F)cc1Cl. The van der Waals surface area contributed by atoms with Crippen molar-refractivity contribution in [2.45, 2.75) is 19.0 Å². The normalized spacial score (nSPS) is 11.0. The van der Waals surface area contributed by atoms with Gasteiger partial charge >= 0.3 is 18.2 Å². The lowest BCUT2D eigenvalue weighted by Crippen LogP contribution is -2.38. The molecule has 0 atom stereocenters. The van der Waals surface area contributed by atoms with Crippen molar-refractivity contribution in [3.05, 3.63) is 22.8 Å². The van der Waals surface area contributed by atoms with Crippen molar-refractivity contribution in [3.63, 3.8) is 0 Å². The maximum Gasteiger partial charge on any atom is 0.417 e. The van der Waals surface area contributed by atoms with E-state index in [2.05, 4.69) is 15.6 Å². The molecule has 3 N–H and O–H groups in total. The van der Waals surface area contributed by atoms with E-state index in [1.165, 1.54) is 0 Å². The number of aliphatic carboxylic acids is 1. The molecule has 1 rings (SSSR count).